The summed E-state index contributed by atoms with van der Waals surface area (Å²) < 4.78 is 0. The van der Waals surface area contributed by atoms with Crippen molar-refractivity contribution in [3.8, 4) is 0 Å². The molecule has 0 aliphatic heterocycles. The molecule has 0 aliphatic rings. The molecule has 1 rings (SSSR count). The van der Waals surface area contributed by atoms with E-state index in [1.807, 2.05) is 0 Å². The zero-order chi connectivity index (χ0) is 10.0. The molecule has 7 heteroatoms. The van der Waals surface area contributed by atoms with Gasteiger partial charge >= 0.3 is 7.12 Å². The molecule has 1 aromatic rings. The van der Waals surface area contributed by atoms with E-state index >= 15 is 0 Å². The van der Waals surface area contributed by atoms with E-state index in [0.717, 1.165) is 12.1 Å². The van der Waals surface area contributed by atoms with Crippen LogP contribution in [0.2, 0.25) is 0 Å². The summed E-state index contributed by atoms with van der Waals surface area (Å²) in [4.78, 5) is 9.68. The number of nitrogens with zero attached hydrogens (tertiary/aromatic N) is 1. The first-order valence-electron chi connectivity index (χ1n) is 3.42. The van der Waals surface area contributed by atoms with Gasteiger partial charge in [0.2, 0.25) is 0 Å². The first-order chi connectivity index (χ1) is 6.02. The third-order valence-electron chi connectivity index (χ3n) is 1.53. The number of nitro groups is 1. The van der Waals surface area contributed by atoms with Gasteiger partial charge in [0, 0.05) is 11.8 Å². The average Bonchev–Trinajstić information content (AvgIpc) is 2.03. The lowest BCUT2D eigenvalue weighted by Gasteiger charge is -2.01. The summed E-state index contributed by atoms with van der Waals surface area (Å²) >= 11 is 0. The Bertz CT molecular complexity index is 341. The summed E-state index contributed by atoms with van der Waals surface area (Å²) in [5.41, 5.74) is 5.00. The fourth-order valence-electron chi connectivity index (χ4n) is 0.946. The Morgan fingerprint density at radius 3 is 2.54 bits per heavy atom. The molecule has 0 heterocycles. The van der Waals surface area contributed by atoms with Crippen molar-refractivity contribution in [1.82, 2.24) is 0 Å². The summed E-state index contributed by atoms with van der Waals surface area (Å²) in [7, 11) is -1.89. The molecule has 6 nitrogen and oxygen atoms in total. The minimum Gasteiger partial charge on any atom is -0.423 e. The molecule has 4 N–H and O–H groups in total. The molecule has 1 aromatic carbocycles. The molecule has 0 radical (unpaired) electrons. The number of nitro benzene ring substituents is 1. The van der Waals surface area contributed by atoms with Crippen molar-refractivity contribution in [3.63, 3.8) is 0 Å². The van der Waals surface area contributed by atoms with Gasteiger partial charge in [0.1, 0.15) is 0 Å². The van der Waals surface area contributed by atoms with Crippen LogP contribution in [0, 0.1) is 10.1 Å². The highest BCUT2D eigenvalue weighted by Gasteiger charge is 2.23. The summed E-state index contributed by atoms with van der Waals surface area (Å²) in [5, 5.41) is 27.9. The van der Waals surface area contributed by atoms with Gasteiger partial charge in [-0.15, -0.1) is 0 Å². The van der Waals surface area contributed by atoms with Crippen LogP contribution in [0.25, 0.3) is 0 Å². The second-order valence-corrected chi connectivity index (χ2v) is 2.45. The monoisotopic (exact) mass is 182 g/mol. The third kappa shape index (κ3) is 1.95. The van der Waals surface area contributed by atoms with Crippen molar-refractivity contribution in [2.75, 3.05) is 5.73 Å². The summed E-state index contributed by atoms with van der Waals surface area (Å²) in [6, 6.07) is 3.61. The molecule has 68 valence electrons. The van der Waals surface area contributed by atoms with Crippen molar-refractivity contribution in [3.05, 3.63) is 28.3 Å². The summed E-state index contributed by atoms with van der Waals surface area (Å²) in [6.45, 7) is 0. The fraction of sp³-hybridized carbons (Fsp3) is 0. The SMILES string of the molecule is Nc1ccc([N+](=O)[O-])c(B(O)O)c1. The lowest BCUT2D eigenvalue weighted by atomic mass is 9.79. The van der Waals surface area contributed by atoms with Gasteiger partial charge in [0.25, 0.3) is 5.69 Å². The van der Waals surface area contributed by atoms with Gasteiger partial charge in [0.05, 0.1) is 10.4 Å². The maximum atomic E-state index is 10.4. The molecule has 0 aliphatic carbocycles. The van der Waals surface area contributed by atoms with E-state index in [4.69, 9.17) is 15.8 Å². The zero-order valence-corrected chi connectivity index (χ0v) is 6.54. The zero-order valence-electron chi connectivity index (χ0n) is 6.54. The second-order valence-electron chi connectivity index (χ2n) is 2.45. The maximum Gasteiger partial charge on any atom is 0.495 e. The van der Waals surface area contributed by atoms with Crippen LogP contribution >= 0.6 is 0 Å². The molecule has 0 saturated heterocycles. The van der Waals surface area contributed by atoms with Crippen LogP contribution in [0.15, 0.2) is 18.2 Å². The largest absolute Gasteiger partial charge is 0.495 e. The second kappa shape index (κ2) is 3.42. The van der Waals surface area contributed by atoms with Crippen LogP contribution in [0.1, 0.15) is 0 Å². The van der Waals surface area contributed by atoms with Gasteiger partial charge in [-0.1, -0.05) is 0 Å². The van der Waals surface area contributed by atoms with Gasteiger partial charge in [-0.2, -0.15) is 0 Å². The minimum atomic E-state index is -1.89. The molecule has 0 amide bonds. The van der Waals surface area contributed by atoms with E-state index in [1.54, 1.807) is 0 Å². The average molecular weight is 182 g/mol. The van der Waals surface area contributed by atoms with Gasteiger partial charge < -0.3 is 15.8 Å². The highest BCUT2D eigenvalue weighted by molar-refractivity contribution is 6.60. The molecular formula is C6H7BN2O4. The van der Waals surface area contributed by atoms with Crippen LogP contribution in [0.5, 0.6) is 0 Å². The molecule has 0 fully saturated rings. The Hall–Kier alpha value is -1.60. The predicted molar refractivity (Wildman–Crippen MR) is 47.3 cm³/mol. The summed E-state index contributed by atoms with van der Waals surface area (Å²) in [6.07, 6.45) is 0. The van der Waals surface area contributed by atoms with E-state index in [-0.39, 0.29) is 16.8 Å². The van der Waals surface area contributed by atoms with E-state index in [1.165, 1.54) is 6.07 Å². The first kappa shape index (κ1) is 9.49. The third-order valence-corrected chi connectivity index (χ3v) is 1.53. The Labute approximate surface area is 73.9 Å². The van der Waals surface area contributed by atoms with Crippen molar-refractivity contribution in [2.24, 2.45) is 0 Å². The summed E-state index contributed by atoms with van der Waals surface area (Å²) in [5.74, 6) is 0. The molecule has 0 aromatic heterocycles. The Balaban J connectivity index is 3.26. The highest BCUT2D eigenvalue weighted by Crippen LogP contribution is 2.11. The number of nitrogens with two attached hydrogens (primary N) is 1. The quantitative estimate of drug-likeness (QED) is 0.231. The van der Waals surface area contributed by atoms with Gasteiger partial charge in [-0.05, 0) is 12.1 Å². The molecule has 13 heavy (non-hydrogen) atoms. The van der Waals surface area contributed by atoms with Crippen LogP contribution < -0.4 is 11.2 Å². The normalized spacial score (nSPS) is 9.69. The molecule has 0 unspecified atom stereocenters. The fourth-order valence-corrected chi connectivity index (χ4v) is 0.946. The van der Waals surface area contributed by atoms with E-state index in [0.29, 0.717) is 0 Å². The lowest BCUT2D eigenvalue weighted by molar-refractivity contribution is -0.383. The Kier molecular flexibility index (Phi) is 2.50. The molecule has 0 bridgehead atoms. The van der Waals surface area contributed by atoms with Crippen LogP contribution in [0.3, 0.4) is 0 Å². The number of nitrogen functional groups attached to an aromatic ring is 1. The van der Waals surface area contributed by atoms with Crippen LogP contribution in [0.4, 0.5) is 11.4 Å². The number of benzene rings is 1. The highest BCUT2D eigenvalue weighted by atomic mass is 16.6. The molecular weight excluding hydrogens is 175 g/mol. The minimum absolute atomic E-state index is 0.204. The number of hydrogen-bond donors (Lipinski definition) is 3. The standard InChI is InChI=1S/C6H7BN2O4/c8-4-1-2-6(9(12)13)5(3-4)7(10)11/h1-3,10-11H,8H2. The van der Waals surface area contributed by atoms with Gasteiger partial charge in [-0.3, -0.25) is 10.1 Å². The number of anilines is 1. The van der Waals surface area contributed by atoms with Crippen molar-refractivity contribution in [2.45, 2.75) is 0 Å². The van der Waals surface area contributed by atoms with Crippen LogP contribution in [-0.4, -0.2) is 22.1 Å². The topological polar surface area (TPSA) is 110 Å². The van der Waals surface area contributed by atoms with Gasteiger partial charge in [0.15, 0.2) is 0 Å². The van der Waals surface area contributed by atoms with E-state index < -0.39 is 12.0 Å². The van der Waals surface area contributed by atoms with Crippen molar-refractivity contribution < 1.29 is 15.0 Å². The molecule has 0 saturated carbocycles. The van der Waals surface area contributed by atoms with Gasteiger partial charge in [-0.25, -0.2) is 0 Å². The maximum absolute atomic E-state index is 10.4. The number of hydrogen-bond acceptors (Lipinski definition) is 5. The predicted octanol–water partition coefficient (Wildman–Crippen LogP) is -1.14. The van der Waals surface area contributed by atoms with Crippen LogP contribution in [-0.2, 0) is 0 Å². The number of rotatable bonds is 2. The van der Waals surface area contributed by atoms with E-state index in [2.05, 4.69) is 0 Å². The molecule has 0 spiro atoms. The Morgan fingerprint density at radius 1 is 1.46 bits per heavy atom. The van der Waals surface area contributed by atoms with Crippen molar-refractivity contribution >= 4 is 24.0 Å². The Morgan fingerprint density at radius 2 is 2.08 bits per heavy atom. The van der Waals surface area contributed by atoms with Crippen molar-refractivity contribution in [1.29, 1.82) is 0 Å². The van der Waals surface area contributed by atoms with E-state index in [9.17, 15) is 10.1 Å². The smallest absolute Gasteiger partial charge is 0.423 e. The molecule has 0 atom stereocenters. The first-order valence-corrected chi connectivity index (χ1v) is 3.42. The lowest BCUT2D eigenvalue weighted by Crippen LogP contribution is -2.32.